The van der Waals surface area contributed by atoms with Crippen molar-refractivity contribution in [3.8, 4) is 0 Å². The molecule has 2 rings (SSSR count). The number of urea groups is 3. The molecule has 0 spiro atoms. The predicted octanol–water partition coefficient (Wildman–Crippen LogP) is 1.71. The predicted molar refractivity (Wildman–Crippen MR) is 96.1 cm³/mol. The van der Waals surface area contributed by atoms with Crippen LogP contribution in [-0.2, 0) is 6.18 Å². The Morgan fingerprint density at radius 1 is 1.36 bits per heavy atom. The minimum Gasteiger partial charge on any atom is -0.341 e. The minimum atomic E-state index is -4.53. The third-order valence-electron chi connectivity index (χ3n) is 3.23. The van der Waals surface area contributed by atoms with Gasteiger partial charge in [-0.2, -0.15) is 13.2 Å². The van der Waals surface area contributed by atoms with E-state index in [0.29, 0.717) is 36.9 Å². The standard InChI is InChI=1S/C8H15N3O2.C6H7F3N4OS/c1-6(2)5-10-8(13)11-4-3-9-7(11)12;1-10-4(14)13(2)5-12-11-3(15-5)6(7,8)9/h6H,3-5H2,1-2H3,(H,9,12)(H,10,13);1-2H3,(H,10,14). The SMILES string of the molecule is CC(C)CNC(=O)N1CCNC1=O.CNC(=O)N(C)c1nnc(C(F)(F)F)s1. The number of rotatable bonds is 3. The number of hydrogen-bond donors (Lipinski definition) is 3. The van der Waals surface area contributed by atoms with Gasteiger partial charge < -0.3 is 16.0 Å². The van der Waals surface area contributed by atoms with E-state index in [9.17, 15) is 27.6 Å². The highest BCUT2D eigenvalue weighted by Crippen LogP contribution is 2.33. The number of aromatic nitrogens is 2. The molecular weight excluding hydrogens is 403 g/mol. The molecule has 0 atom stereocenters. The number of halogens is 3. The van der Waals surface area contributed by atoms with Gasteiger partial charge in [-0.15, -0.1) is 10.2 Å². The van der Waals surface area contributed by atoms with Gasteiger partial charge in [0.1, 0.15) is 0 Å². The Kier molecular flexibility index (Phi) is 8.40. The van der Waals surface area contributed by atoms with Crippen LogP contribution >= 0.6 is 11.3 Å². The summed E-state index contributed by atoms with van der Waals surface area (Å²) in [5, 5.41) is 12.5. The molecule has 1 aliphatic heterocycles. The summed E-state index contributed by atoms with van der Waals surface area (Å²) in [6.45, 7) is 5.62. The van der Waals surface area contributed by atoms with Gasteiger partial charge in [0.15, 0.2) is 0 Å². The molecule has 0 unspecified atom stereocenters. The normalized spacial score (nSPS) is 13.6. The summed E-state index contributed by atoms with van der Waals surface area (Å²) in [5.74, 6) is 0.398. The Balaban J connectivity index is 0.000000283. The molecule has 0 aromatic carbocycles. The molecule has 28 heavy (non-hydrogen) atoms. The van der Waals surface area contributed by atoms with Gasteiger partial charge in [0, 0.05) is 33.7 Å². The molecule has 3 N–H and O–H groups in total. The van der Waals surface area contributed by atoms with E-state index in [1.54, 1.807) is 0 Å². The Hall–Kier alpha value is -2.64. The van der Waals surface area contributed by atoms with Gasteiger partial charge in [-0.1, -0.05) is 25.2 Å². The van der Waals surface area contributed by atoms with Crippen LogP contribution in [0.4, 0.5) is 32.7 Å². The molecule has 2 heterocycles. The van der Waals surface area contributed by atoms with Crippen LogP contribution in [0, 0.1) is 5.92 Å². The van der Waals surface area contributed by atoms with Crippen LogP contribution in [0.25, 0.3) is 0 Å². The summed E-state index contributed by atoms with van der Waals surface area (Å²) in [6, 6.07) is -1.16. The first-order valence-corrected chi connectivity index (χ1v) is 8.98. The third-order valence-corrected chi connectivity index (χ3v) is 4.27. The van der Waals surface area contributed by atoms with Crippen molar-refractivity contribution in [2.45, 2.75) is 20.0 Å². The van der Waals surface area contributed by atoms with E-state index in [0.717, 1.165) is 4.90 Å². The van der Waals surface area contributed by atoms with E-state index in [4.69, 9.17) is 0 Å². The maximum Gasteiger partial charge on any atom is 0.445 e. The van der Waals surface area contributed by atoms with Crippen molar-refractivity contribution in [2.24, 2.45) is 5.92 Å². The largest absolute Gasteiger partial charge is 0.445 e. The van der Waals surface area contributed by atoms with Crippen LogP contribution in [-0.4, -0.2) is 66.9 Å². The van der Waals surface area contributed by atoms with E-state index < -0.39 is 17.2 Å². The summed E-state index contributed by atoms with van der Waals surface area (Å²) in [5.41, 5.74) is 0. The molecule has 158 valence electrons. The van der Waals surface area contributed by atoms with Crippen molar-refractivity contribution in [1.29, 1.82) is 0 Å². The topological polar surface area (TPSA) is 120 Å². The van der Waals surface area contributed by atoms with Gasteiger partial charge in [-0.05, 0) is 5.92 Å². The van der Waals surface area contributed by atoms with E-state index >= 15 is 0 Å². The number of imide groups is 1. The van der Waals surface area contributed by atoms with Crippen LogP contribution in [0.3, 0.4) is 0 Å². The number of nitrogens with zero attached hydrogens (tertiary/aromatic N) is 4. The lowest BCUT2D eigenvalue weighted by molar-refractivity contribution is -0.138. The molecule has 1 saturated heterocycles. The van der Waals surface area contributed by atoms with Crippen LogP contribution in [0.15, 0.2) is 0 Å². The number of carbonyl (C=O) groups excluding carboxylic acids is 3. The Labute approximate surface area is 163 Å². The number of carbonyl (C=O) groups is 3. The van der Waals surface area contributed by atoms with Crippen molar-refractivity contribution in [3.05, 3.63) is 5.01 Å². The van der Waals surface area contributed by atoms with Crippen LogP contribution in [0.5, 0.6) is 0 Å². The van der Waals surface area contributed by atoms with Gasteiger partial charge in [0.25, 0.3) is 0 Å². The van der Waals surface area contributed by atoms with E-state index in [1.165, 1.54) is 19.0 Å². The van der Waals surface area contributed by atoms with Crippen molar-refractivity contribution >= 4 is 34.6 Å². The zero-order valence-corrected chi connectivity index (χ0v) is 16.6. The van der Waals surface area contributed by atoms with Gasteiger partial charge in [-0.25, -0.2) is 19.3 Å². The molecule has 10 nitrogen and oxygen atoms in total. The minimum absolute atomic E-state index is 0.110. The monoisotopic (exact) mass is 425 g/mol. The molecule has 0 bridgehead atoms. The molecule has 1 fully saturated rings. The first-order chi connectivity index (χ1) is 13.0. The first-order valence-electron chi connectivity index (χ1n) is 8.16. The number of amides is 6. The fraction of sp³-hybridized carbons (Fsp3) is 0.643. The second-order valence-electron chi connectivity index (χ2n) is 5.97. The van der Waals surface area contributed by atoms with E-state index in [1.807, 2.05) is 13.8 Å². The average molecular weight is 425 g/mol. The summed E-state index contributed by atoms with van der Waals surface area (Å²) in [6.07, 6.45) is -4.53. The lowest BCUT2D eigenvalue weighted by Crippen LogP contribution is -2.43. The summed E-state index contributed by atoms with van der Waals surface area (Å²) in [7, 11) is 2.67. The Bertz CT molecular complexity index is 696. The average Bonchev–Trinajstić information content (AvgIpc) is 3.27. The number of hydrogen-bond acceptors (Lipinski definition) is 6. The second kappa shape index (κ2) is 10.1. The number of anilines is 1. The lowest BCUT2D eigenvalue weighted by Gasteiger charge is -2.14. The molecule has 0 radical (unpaired) electrons. The Morgan fingerprint density at radius 2 is 2.00 bits per heavy atom. The quantitative estimate of drug-likeness (QED) is 0.681. The van der Waals surface area contributed by atoms with Crippen molar-refractivity contribution in [2.75, 3.05) is 38.6 Å². The highest BCUT2D eigenvalue weighted by molar-refractivity contribution is 7.15. The number of nitrogens with one attached hydrogen (secondary N) is 3. The van der Waals surface area contributed by atoms with Gasteiger partial charge in [-0.3, -0.25) is 4.90 Å². The van der Waals surface area contributed by atoms with Crippen LogP contribution < -0.4 is 20.9 Å². The molecule has 1 aliphatic rings. The maximum absolute atomic E-state index is 12.1. The summed E-state index contributed by atoms with van der Waals surface area (Å²) >= 11 is 0.309. The molecule has 6 amide bonds. The zero-order chi connectivity index (χ0) is 21.5. The molecule has 1 aromatic rings. The van der Waals surface area contributed by atoms with Crippen molar-refractivity contribution < 1.29 is 27.6 Å². The highest BCUT2D eigenvalue weighted by atomic mass is 32.1. The third kappa shape index (κ3) is 6.83. The first kappa shape index (κ1) is 23.4. The van der Waals surface area contributed by atoms with E-state index in [-0.39, 0.29) is 17.2 Å². The van der Waals surface area contributed by atoms with Crippen molar-refractivity contribution in [1.82, 2.24) is 31.0 Å². The number of alkyl halides is 3. The van der Waals surface area contributed by atoms with Gasteiger partial charge >= 0.3 is 24.3 Å². The molecule has 0 saturated carbocycles. The Morgan fingerprint density at radius 3 is 2.43 bits per heavy atom. The summed E-state index contributed by atoms with van der Waals surface area (Å²) in [4.78, 5) is 35.5. The fourth-order valence-corrected chi connectivity index (χ4v) is 2.44. The van der Waals surface area contributed by atoms with Gasteiger partial charge in [0.05, 0.1) is 0 Å². The maximum atomic E-state index is 12.1. The highest BCUT2D eigenvalue weighted by Gasteiger charge is 2.36. The van der Waals surface area contributed by atoms with Crippen molar-refractivity contribution in [3.63, 3.8) is 0 Å². The van der Waals surface area contributed by atoms with Gasteiger partial charge in [0.2, 0.25) is 10.1 Å². The van der Waals surface area contributed by atoms with E-state index in [2.05, 4.69) is 26.1 Å². The molecular formula is C14H22F3N7O3S. The summed E-state index contributed by atoms with van der Waals surface area (Å²) < 4.78 is 36.4. The fourth-order valence-electron chi connectivity index (χ4n) is 1.77. The van der Waals surface area contributed by atoms with Crippen LogP contribution in [0.1, 0.15) is 18.9 Å². The molecule has 14 heteroatoms. The second-order valence-corrected chi connectivity index (χ2v) is 6.92. The lowest BCUT2D eigenvalue weighted by atomic mass is 10.2. The molecule has 1 aromatic heterocycles. The molecule has 0 aliphatic carbocycles. The van der Waals surface area contributed by atoms with Crippen LogP contribution in [0.2, 0.25) is 0 Å². The zero-order valence-electron chi connectivity index (χ0n) is 15.8. The smallest absolute Gasteiger partial charge is 0.341 e.